The van der Waals surface area contributed by atoms with Crippen LogP contribution in [0.25, 0.3) is 0 Å². The minimum Gasteiger partial charge on any atom is -0.473 e. The van der Waals surface area contributed by atoms with Gasteiger partial charge < -0.3 is 14.4 Å². The van der Waals surface area contributed by atoms with Crippen LogP contribution in [0.5, 0.6) is 5.88 Å². The zero-order chi connectivity index (χ0) is 16.7. The monoisotopic (exact) mass is 331 g/mol. The van der Waals surface area contributed by atoms with E-state index in [-0.39, 0.29) is 30.1 Å². The zero-order valence-corrected chi connectivity index (χ0v) is 13.4. The van der Waals surface area contributed by atoms with E-state index < -0.39 is 0 Å². The predicted octanol–water partition coefficient (Wildman–Crippen LogP) is 1.49. The summed E-state index contributed by atoms with van der Waals surface area (Å²) >= 11 is 0. The van der Waals surface area contributed by atoms with Crippen molar-refractivity contribution >= 4 is 5.82 Å². The summed E-state index contributed by atoms with van der Waals surface area (Å²) in [5, 5.41) is 0. The van der Waals surface area contributed by atoms with Crippen molar-refractivity contribution in [3.05, 3.63) is 51.7 Å². The highest BCUT2D eigenvalue weighted by Gasteiger charge is 2.30. The van der Waals surface area contributed by atoms with Gasteiger partial charge in [-0.3, -0.25) is 4.57 Å². The number of ether oxygens (including phenoxy) is 2. The van der Waals surface area contributed by atoms with Crippen molar-refractivity contribution in [2.75, 3.05) is 24.6 Å². The number of rotatable bonds is 3. The SMILES string of the molecule is Cc1cc(F)cc(COc2cc3n(c(=O)n2)C[C@@H]2CN3CCO2)c1. The van der Waals surface area contributed by atoms with Gasteiger partial charge in [-0.15, -0.1) is 0 Å². The van der Waals surface area contributed by atoms with E-state index in [2.05, 4.69) is 9.88 Å². The van der Waals surface area contributed by atoms with Crippen molar-refractivity contribution in [3.8, 4) is 5.88 Å². The van der Waals surface area contributed by atoms with Crippen LogP contribution in [0.15, 0.2) is 29.1 Å². The molecule has 0 radical (unpaired) electrons. The molecule has 0 amide bonds. The largest absolute Gasteiger partial charge is 0.473 e. The van der Waals surface area contributed by atoms with Gasteiger partial charge in [0.05, 0.1) is 19.3 Å². The third kappa shape index (κ3) is 2.87. The van der Waals surface area contributed by atoms with Crippen LogP contribution in [0.1, 0.15) is 11.1 Å². The summed E-state index contributed by atoms with van der Waals surface area (Å²) in [7, 11) is 0. The van der Waals surface area contributed by atoms with Crippen LogP contribution in [-0.4, -0.2) is 35.4 Å². The normalized spacial score (nSPS) is 19.1. The number of nitrogens with zero attached hydrogens (tertiary/aromatic N) is 3. The molecule has 2 bridgehead atoms. The molecule has 0 aliphatic carbocycles. The summed E-state index contributed by atoms with van der Waals surface area (Å²) in [6.07, 6.45) is 0.0350. The highest BCUT2D eigenvalue weighted by molar-refractivity contribution is 5.44. The molecule has 1 saturated heterocycles. The summed E-state index contributed by atoms with van der Waals surface area (Å²) in [5.41, 5.74) is 1.18. The number of aryl methyl sites for hydroxylation is 1. The van der Waals surface area contributed by atoms with Gasteiger partial charge in [-0.25, -0.2) is 9.18 Å². The van der Waals surface area contributed by atoms with Gasteiger partial charge in [-0.05, 0) is 30.2 Å². The summed E-state index contributed by atoms with van der Waals surface area (Å²) in [6.45, 7) is 4.67. The minimum atomic E-state index is -0.349. The van der Waals surface area contributed by atoms with Crippen LogP contribution in [0, 0.1) is 12.7 Å². The Morgan fingerprint density at radius 2 is 2.21 bits per heavy atom. The summed E-state index contributed by atoms with van der Waals surface area (Å²) in [6, 6.07) is 6.50. The molecule has 4 rings (SSSR count). The number of benzene rings is 1. The molecule has 24 heavy (non-hydrogen) atoms. The highest BCUT2D eigenvalue weighted by atomic mass is 19.1. The summed E-state index contributed by atoms with van der Waals surface area (Å²) in [5.74, 6) is 0.768. The number of anilines is 1. The van der Waals surface area contributed by atoms with E-state index in [1.165, 1.54) is 12.1 Å². The Labute approximate surface area is 138 Å². The molecule has 1 atom stereocenters. The Kier molecular flexibility index (Phi) is 3.72. The number of hydrogen-bond acceptors (Lipinski definition) is 5. The van der Waals surface area contributed by atoms with Gasteiger partial charge in [0.2, 0.25) is 5.88 Å². The first-order chi connectivity index (χ1) is 11.6. The standard InChI is InChI=1S/C17H18FN3O3/c1-11-4-12(6-13(18)5-11)10-24-15-7-16-20-2-3-23-14(8-20)9-21(16)17(22)19-15/h4-7,14H,2-3,8-10H2,1H3/t14-/m0/s1. The second kappa shape index (κ2) is 5.90. The Morgan fingerprint density at radius 3 is 3.04 bits per heavy atom. The minimum absolute atomic E-state index is 0.0350. The van der Waals surface area contributed by atoms with E-state index >= 15 is 0 Å². The number of aromatic nitrogens is 2. The first-order valence-corrected chi connectivity index (χ1v) is 7.96. The van der Waals surface area contributed by atoms with Crippen molar-refractivity contribution in [1.29, 1.82) is 0 Å². The van der Waals surface area contributed by atoms with Crippen molar-refractivity contribution in [2.45, 2.75) is 26.2 Å². The van der Waals surface area contributed by atoms with Gasteiger partial charge in [0.15, 0.2) is 0 Å². The molecule has 2 aromatic rings. The van der Waals surface area contributed by atoms with Crippen LogP contribution >= 0.6 is 0 Å². The van der Waals surface area contributed by atoms with Gasteiger partial charge in [-0.2, -0.15) is 4.98 Å². The van der Waals surface area contributed by atoms with Gasteiger partial charge >= 0.3 is 5.69 Å². The molecule has 0 spiro atoms. The molecule has 2 aliphatic heterocycles. The van der Waals surface area contributed by atoms with Crippen molar-refractivity contribution < 1.29 is 13.9 Å². The average Bonchev–Trinajstić information content (AvgIpc) is 2.54. The average molecular weight is 331 g/mol. The van der Waals surface area contributed by atoms with E-state index in [9.17, 15) is 9.18 Å². The Balaban J connectivity index is 1.58. The van der Waals surface area contributed by atoms with Gasteiger partial charge in [-0.1, -0.05) is 6.07 Å². The molecule has 1 aromatic heterocycles. The van der Waals surface area contributed by atoms with E-state index in [1.54, 1.807) is 10.6 Å². The highest BCUT2D eigenvalue weighted by Crippen LogP contribution is 2.25. The lowest BCUT2D eigenvalue weighted by molar-refractivity contribution is 0.0195. The fourth-order valence-electron chi connectivity index (χ4n) is 3.27. The fourth-order valence-corrected chi connectivity index (χ4v) is 3.27. The molecule has 0 unspecified atom stereocenters. The van der Waals surface area contributed by atoms with Gasteiger partial charge in [0.25, 0.3) is 0 Å². The van der Waals surface area contributed by atoms with E-state index in [0.29, 0.717) is 18.7 Å². The first kappa shape index (κ1) is 15.1. The van der Waals surface area contributed by atoms with E-state index in [0.717, 1.165) is 24.5 Å². The number of morpholine rings is 1. The first-order valence-electron chi connectivity index (χ1n) is 7.96. The molecular formula is C17H18FN3O3. The van der Waals surface area contributed by atoms with Crippen LogP contribution in [0.2, 0.25) is 0 Å². The molecule has 126 valence electrons. The summed E-state index contributed by atoms with van der Waals surface area (Å²) < 4.78 is 26.3. The molecule has 0 N–H and O–H groups in total. The Bertz CT molecular complexity index is 816. The quantitative estimate of drug-likeness (QED) is 0.853. The second-order valence-corrected chi connectivity index (χ2v) is 6.21. The summed E-state index contributed by atoms with van der Waals surface area (Å²) in [4.78, 5) is 18.4. The van der Waals surface area contributed by atoms with Crippen molar-refractivity contribution in [1.82, 2.24) is 9.55 Å². The molecule has 3 heterocycles. The van der Waals surface area contributed by atoms with E-state index in [1.807, 2.05) is 13.0 Å². The maximum atomic E-state index is 13.4. The topological polar surface area (TPSA) is 56.6 Å². The number of halogens is 1. The lowest BCUT2D eigenvalue weighted by atomic mass is 10.1. The molecule has 1 aromatic carbocycles. The lowest BCUT2D eigenvalue weighted by Crippen LogP contribution is -2.52. The smallest absolute Gasteiger partial charge is 0.352 e. The molecule has 2 aliphatic rings. The van der Waals surface area contributed by atoms with Crippen molar-refractivity contribution in [3.63, 3.8) is 0 Å². The van der Waals surface area contributed by atoms with Crippen LogP contribution < -0.4 is 15.3 Å². The Hall–Kier alpha value is -2.41. The third-order valence-electron chi connectivity index (χ3n) is 4.30. The molecule has 1 fully saturated rings. The molecule has 6 nitrogen and oxygen atoms in total. The van der Waals surface area contributed by atoms with Crippen molar-refractivity contribution in [2.24, 2.45) is 0 Å². The zero-order valence-electron chi connectivity index (χ0n) is 13.4. The van der Waals surface area contributed by atoms with Crippen LogP contribution in [0.3, 0.4) is 0 Å². The Morgan fingerprint density at radius 1 is 1.33 bits per heavy atom. The fraction of sp³-hybridized carbons (Fsp3) is 0.412. The maximum absolute atomic E-state index is 13.4. The number of fused-ring (bicyclic) bond motifs is 4. The lowest BCUT2D eigenvalue weighted by Gasteiger charge is -2.40. The van der Waals surface area contributed by atoms with Gasteiger partial charge in [0, 0.05) is 19.2 Å². The van der Waals surface area contributed by atoms with E-state index in [4.69, 9.17) is 9.47 Å². The third-order valence-corrected chi connectivity index (χ3v) is 4.30. The molecular weight excluding hydrogens is 313 g/mol. The maximum Gasteiger partial charge on any atom is 0.352 e. The second-order valence-electron chi connectivity index (χ2n) is 6.21. The van der Waals surface area contributed by atoms with Crippen LogP contribution in [-0.2, 0) is 17.9 Å². The number of hydrogen-bond donors (Lipinski definition) is 0. The molecule has 7 heteroatoms. The van der Waals surface area contributed by atoms with Crippen LogP contribution in [0.4, 0.5) is 10.2 Å². The predicted molar refractivity (Wildman–Crippen MR) is 85.9 cm³/mol. The van der Waals surface area contributed by atoms with Gasteiger partial charge in [0.1, 0.15) is 18.2 Å². The molecule has 0 saturated carbocycles.